The fourth-order valence-electron chi connectivity index (χ4n) is 3.32. The molecule has 1 aliphatic rings. The number of rotatable bonds is 5. The third-order valence-electron chi connectivity index (χ3n) is 4.52. The van der Waals surface area contributed by atoms with Crippen LogP contribution in [0.3, 0.4) is 0 Å². The first kappa shape index (κ1) is 21.9. The molecule has 0 unspecified atom stereocenters. The molecule has 148 valence electrons. The van der Waals surface area contributed by atoms with Gasteiger partial charge < -0.3 is 14.4 Å². The van der Waals surface area contributed by atoms with Crippen molar-refractivity contribution in [2.45, 2.75) is 35.0 Å². The van der Waals surface area contributed by atoms with Gasteiger partial charge in [-0.1, -0.05) is 77.3 Å². The Balaban J connectivity index is 2.40. The molecule has 8 heteroatoms. The zero-order valence-corrected chi connectivity index (χ0v) is 17.4. The summed E-state index contributed by atoms with van der Waals surface area (Å²) in [6.45, 7) is 1.60. The van der Waals surface area contributed by atoms with Crippen LogP contribution in [0, 0.1) is 0 Å². The van der Waals surface area contributed by atoms with E-state index in [1.54, 1.807) is 14.0 Å². The number of nitrogens with zero attached hydrogens (tertiary/aromatic N) is 1. The SMILES string of the molecule is CCOC(=O)[C@@]1(c2ccccc2)CCC=C[C@H]1N(C)C(=O)OCC(Cl)(Cl)Cl. The molecule has 0 aromatic heterocycles. The van der Waals surface area contributed by atoms with E-state index in [1.807, 2.05) is 42.5 Å². The van der Waals surface area contributed by atoms with Gasteiger partial charge in [-0.3, -0.25) is 4.79 Å². The smallest absolute Gasteiger partial charge is 0.410 e. The Morgan fingerprint density at radius 1 is 1.22 bits per heavy atom. The summed E-state index contributed by atoms with van der Waals surface area (Å²) in [5.41, 5.74) is -0.265. The Hall–Kier alpha value is -1.43. The summed E-state index contributed by atoms with van der Waals surface area (Å²) < 4.78 is 8.78. The largest absolute Gasteiger partial charge is 0.465 e. The van der Waals surface area contributed by atoms with Crippen LogP contribution in [0.4, 0.5) is 4.79 Å². The molecule has 0 fully saturated rings. The van der Waals surface area contributed by atoms with Crippen LogP contribution in [-0.2, 0) is 19.7 Å². The predicted octanol–water partition coefficient (Wildman–Crippen LogP) is 4.64. The molecule has 0 saturated heterocycles. The molecule has 0 spiro atoms. The standard InChI is InChI=1S/C19H22Cl3NO4/c1-3-26-16(24)18(14-9-5-4-6-10-14)12-8-7-11-15(18)23(2)17(25)27-13-19(20,21)22/h4-7,9-11,15H,3,8,12-13H2,1-2H3/t15-,18-/m1/s1. The lowest BCUT2D eigenvalue weighted by Gasteiger charge is -2.43. The van der Waals surface area contributed by atoms with Crippen LogP contribution in [0.15, 0.2) is 42.5 Å². The zero-order chi connectivity index (χ0) is 20.1. The number of hydrogen-bond acceptors (Lipinski definition) is 4. The van der Waals surface area contributed by atoms with E-state index in [-0.39, 0.29) is 12.6 Å². The molecule has 0 N–H and O–H groups in total. The second-order valence-electron chi connectivity index (χ2n) is 6.25. The highest BCUT2D eigenvalue weighted by molar-refractivity contribution is 6.67. The first-order valence-electron chi connectivity index (χ1n) is 8.58. The van der Waals surface area contributed by atoms with Gasteiger partial charge in [0, 0.05) is 7.05 Å². The summed E-state index contributed by atoms with van der Waals surface area (Å²) in [4.78, 5) is 27.0. The monoisotopic (exact) mass is 433 g/mol. The maximum atomic E-state index is 13.1. The first-order valence-corrected chi connectivity index (χ1v) is 9.71. The van der Waals surface area contributed by atoms with Crippen molar-refractivity contribution in [2.75, 3.05) is 20.3 Å². The normalized spacial score (nSPS) is 22.2. The van der Waals surface area contributed by atoms with Crippen molar-refractivity contribution in [2.24, 2.45) is 0 Å². The number of esters is 1. The van der Waals surface area contributed by atoms with Crippen molar-refractivity contribution in [1.82, 2.24) is 4.90 Å². The number of amides is 1. The number of carbonyl (C=O) groups excluding carboxylic acids is 2. The summed E-state index contributed by atoms with van der Waals surface area (Å²) in [7, 11) is 1.55. The molecular weight excluding hydrogens is 413 g/mol. The lowest BCUT2D eigenvalue weighted by atomic mass is 9.68. The van der Waals surface area contributed by atoms with Gasteiger partial charge in [0.1, 0.15) is 12.0 Å². The van der Waals surface area contributed by atoms with Crippen molar-refractivity contribution in [3.05, 3.63) is 48.0 Å². The lowest BCUT2D eigenvalue weighted by molar-refractivity contribution is -0.152. The fourth-order valence-corrected chi connectivity index (χ4v) is 3.48. The van der Waals surface area contributed by atoms with Crippen molar-refractivity contribution in [3.63, 3.8) is 0 Å². The highest BCUT2D eigenvalue weighted by Crippen LogP contribution is 2.40. The second-order valence-corrected chi connectivity index (χ2v) is 8.77. The number of carbonyl (C=O) groups is 2. The van der Waals surface area contributed by atoms with E-state index in [9.17, 15) is 9.59 Å². The average Bonchev–Trinajstić information content (AvgIpc) is 2.65. The average molecular weight is 435 g/mol. The summed E-state index contributed by atoms with van der Waals surface area (Å²) >= 11 is 17.0. The topological polar surface area (TPSA) is 55.8 Å². The van der Waals surface area contributed by atoms with E-state index in [4.69, 9.17) is 44.3 Å². The number of hydrogen-bond donors (Lipinski definition) is 0. The van der Waals surface area contributed by atoms with Gasteiger partial charge >= 0.3 is 12.1 Å². The quantitative estimate of drug-likeness (QED) is 0.385. The molecule has 1 amide bonds. The fraction of sp³-hybridized carbons (Fsp3) is 0.474. The van der Waals surface area contributed by atoms with Crippen LogP contribution in [-0.4, -0.2) is 47.1 Å². The first-order chi connectivity index (χ1) is 12.7. The molecular formula is C19H22Cl3NO4. The van der Waals surface area contributed by atoms with E-state index in [0.717, 1.165) is 5.56 Å². The molecule has 2 rings (SSSR count). The van der Waals surface area contributed by atoms with E-state index in [0.29, 0.717) is 12.8 Å². The summed E-state index contributed by atoms with van der Waals surface area (Å²) in [6.07, 6.45) is 4.25. The third kappa shape index (κ3) is 5.09. The van der Waals surface area contributed by atoms with Crippen LogP contribution in [0.5, 0.6) is 0 Å². The minimum absolute atomic E-state index is 0.241. The van der Waals surface area contributed by atoms with E-state index < -0.39 is 27.9 Å². The summed E-state index contributed by atoms with van der Waals surface area (Å²) in [6, 6.07) is 8.71. The number of allylic oxidation sites excluding steroid dienone is 1. The van der Waals surface area contributed by atoms with Gasteiger partial charge in [0.15, 0.2) is 0 Å². The summed E-state index contributed by atoms with van der Waals surface area (Å²) in [5.74, 6) is -0.383. The van der Waals surface area contributed by atoms with Gasteiger partial charge in [-0.25, -0.2) is 4.79 Å². The Morgan fingerprint density at radius 2 is 1.89 bits per heavy atom. The highest BCUT2D eigenvalue weighted by Gasteiger charge is 2.51. The molecule has 0 saturated carbocycles. The van der Waals surface area contributed by atoms with E-state index >= 15 is 0 Å². The number of alkyl halides is 3. The molecule has 1 aromatic carbocycles. The zero-order valence-electron chi connectivity index (χ0n) is 15.2. The minimum atomic E-state index is -1.71. The molecule has 27 heavy (non-hydrogen) atoms. The van der Waals surface area contributed by atoms with E-state index in [2.05, 4.69) is 0 Å². The molecule has 0 aliphatic heterocycles. The lowest BCUT2D eigenvalue weighted by Crippen LogP contribution is -2.56. The molecule has 1 aromatic rings. The Morgan fingerprint density at radius 3 is 2.48 bits per heavy atom. The number of ether oxygens (including phenoxy) is 2. The Kier molecular flexibility index (Phi) is 7.43. The molecule has 2 atom stereocenters. The van der Waals surface area contributed by atoms with E-state index in [1.165, 1.54) is 4.90 Å². The molecule has 0 heterocycles. The van der Waals surface area contributed by atoms with Crippen LogP contribution in [0.2, 0.25) is 0 Å². The van der Waals surface area contributed by atoms with Gasteiger partial charge in [0.25, 0.3) is 0 Å². The van der Waals surface area contributed by atoms with Crippen LogP contribution >= 0.6 is 34.8 Å². The highest BCUT2D eigenvalue weighted by atomic mass is 35.6. The van der Waals surface area contributed by atoms with Gasteiger partial charge in [-0.2, -0.15) is 0 Å². The minimum Gasteiger partial charge on any atom is -0.465 e. The Bertz CT molecular complexity index is 690. The second kappa shape index (κ2) is 9.18. The van der Waals surface area contributed by atoms with Crippen molar-refractivity contribution in [3.8, 4) is 0 Å². The molecule has 0 bridgehead atoms. The Labute approximate surface area is 174 Å². The molecule has 5 nitrogen and oxygen atoms in total. The van der Waals surface area contributed by atoms with Crippen LogP contribution in [0.1, 0.15) is 25.3 Å². The number of likely N-dealkylation sites (N-methyl/N-ethyl adjacent to an activating group) is 1. The van der Waals surface area contributed by atoms with Crippen LogP contribution in [0.25, 0.3) is 0 Å². The van der Waals surface area contributed by atoms with Crippen LogP contribution < -0.4 is 0 Å². The van der Waals surface area contributed by atoms with Gasteiger partial charge in [-0.15, -0.1) is 0 Å². The summed E-state index contributed by atoms with van der Waals surface area (Å²) in [5, 5.41) is 0. The number of halogens is 3. The van der Waals surface area contributed by atoms with Gasteiger partial charge in [0.05, 0.1) is 12.6 Å². The molecule has 0 radical (unpaired) electrons. The maximum Gasteiger partial charge on any atom is 0.410 e. The van der Waals surface area contributed by atoms with Gasteiger partial charge in [0.2, 0.25) is 3.79 Å². The molecule has 1 aliphatic carbocycles. The predicted molar refractivity (Wildman–Crippen MR) is 106 cm³/mol. The van der Waals surface area contributed by atoms with Crippen molar-refractivity contribution in [1.29, 1.82) is 0 Å². The third-order valence-corrected chi connectivity index (χ3v) is 4.85. The maximum absolute atomic E-state index is 13.1. The number of benzene rings is 1. The van der Waals surface area contributed by atoms with Crippen molar-refractivity contribution < 1.29 is 19.1 Å². The van der Waals surface area contributed by atoms with Crippen molar-refractivity contribution >= 4 is 46.9 Å². The van der Waals surface area contributed by atoms with Gasteiger partial charge in [-0.05, 0) is 25.3 Å².